The number of aryl methyl sites for hydroxylation is 1. The monoisotopic (exact) mass is 271 g/mol. The lowest BCUT2D eigenvalue weighted by molar-refractivity contribution is 0.218. The first-order valence-corrected chi connectivity index (χ1v) is 7.23. The van der Waals surface area contributed by atoms with Gasteiger partial charge >= 0.3 is 0 Å². The highest BCUT2D eigenvalue weighted by molar-refractivity contribution is 7.99. The second kappa shape index (κ2) is 7.77. The van der Waals surface area contributed by atoms with Crippen LogP contribution in [0.1, 0.15) is 31.0 Å². The minimum Gasteiger partial charge on any atom is -0.384 e. The second-order valence-electron chi connectivity index (χ2n) is 4.26. The van der Waals surface area contributed by atoms with Crippen LogP contribution in [0.5, 0.6) is 0 Å². The molecule has 0 saturated heterocycles. The van der Waals surface area contributed by atoms with Crippen molar-refractivity contribution < 1.29 is 9.13 Å². The van der Waals surface area contributed by atoms with Gasteiger partial charge in [0, 0.05) is 23.8 Å². The molecule has 1 rings (SSSR count). The zero-order valence-corrected chi connectivity index (χ0v) is 12.4. The van der Waals surface area contributed by atoms with Gasteiger partial charge in [-0.25, -0.2) is 4.39 Å². The topological polar surface area (TPSA) is 21.3 Å². The molecule has 0 heterocycles. The van der Waals surface area contributed by atoms with E-state index in [4.69, 9.17) is 4.74 Å². The fourth-order valence-corrected chi connectivity index (χ4v) is 2.92. The van der Waals surface area contributed by atoms with Crippen LogP contribution in [0.4, 0.5) is 4.39 Å². The van der Waals surface area contributed by atoms with Gasteiger partial charge in [-0.2, -0.15) is 0 Å². The van der Waals surface area contributed by atoms with Crippen LogP contribution in [0.25, 0.3) is 0 Å². The first-order chi connectivity index (χ1) is 8.60. The van der Waals surface area contributed by atoms with Crippen molar-refractivity contribution in [3.05, 3.63) is 29.1 Å². The number of benzene rings is 1. The molecule has 0 radical (unpaired) electrons. The molecule has 0 bridgehead atoms. The number of hydrogen-bond donors (Lipinski definition) is 1. The molecule has 0 amide bonds. The Labute approximate surface area is 113 Å². The molecule has 2 nitrogen and oxygen atoms in total. The first-order valence-electron chi connectivity index (χ1n) is 6.25. The van der Waals surface area contributed by atoms with E-state index in [2.05, 4.69) is 19.2 Å². The van der Waals surface area contributed by atoms with Crippen molar-refractivity contribution in [1.29, 1.82) is 0 Å². The van der Waals surface area contributed by atoms with Crippen molar-refractivity contribution in [3.63, 3.8) is 0 Å². The van der Waals surface area contributed by atoms with Crippen LogP contribution in [0.3, 0.4) is 0 Å². The summed E-state index contributed by atoms with van der Waals surface area (Å²) in [4.78, 5) is 1.14. The molecule has 0 aliphatic heterocycles. The van der Waals surface area contributed by atoms with Crippen molar-refractivity contribution in [3.8, 4) is 0 Å². The van der Waals surface area contributed by atoms with Gasteiger partial charge in [-0.3, -0.25) is 0 Å². The average molecular weight is 271 g/mol. The van der Waals surface area contributed by atoms with E-state index in [1.807, 2.05) is 6.07 Å². The maximum atomic E-state index is 13.7. The summed E-state index contributed by atoms with van der Waals surface area (Å²) < 4.78 is 18.7. The van der Waals surface area contributed by atoms with E-state index in [1.54, 1.807) is 31.9 Å². The van der Waals surface area contributed by atoms with E-state index in [1.165, 1.54) is 0 Å². The van der Waals surface area contributed by atoms with Gasteiger partial charge in [-0.1, -0.05) is 6.92 Å². The molecule has 18 heavy (non-hydrogen) atoms. The molecule has 1 aromatic carbocycles. The van der Waals surface area contributed by atoms with E-state index < -0.39 is 0 Å². The summed E-state index contributed by atoms with van der Waals surface area (Å²) in [6.07, 6.45) is 0. The van der Waals surface area contributed by atoms with E-state index in [-0.39, 0.29) is 11.9 Å². The number of ether oxygens (including phenoxy) is 1. The first kappa shape index (κ1) is 15.5. The highest BCUT2D eigenvalue weighted by Crippen LogP contribution is 2.30. The van der Waals surface area contributed by atoms with Crippen molar-refractivity contribution in [1.82, 2.24) is 5.32 Å². The second-order valence-corrected chi connectivity index (χ2v) is 5.40. The van der Waals surface area contributed by atoms with Gasteiger partial charge < -0.3 is 10.1 Å². The summed E-state index contributed by atoms with van der Waals surface area (Å²) in [5.74, 6) is 0.749. The number of rotatable bonds is 7. The lowest BCUT2D eigenvalue weighted by Gasteiger charge is -2.18. The Kier molecular flexibility index (Phi) is 6.68. The smallest absolute Gasteiger partial charge is 0.126 e. The molecule has 0 spiro atoms. The highest BCUT2D eigenvalue weighted by atomic mass is 32.2. The minimum atomic E-state index is -0.133. The highest BCUT2D eigenvalue weighted by Gasteiger charge is 2.13. The molecule has 1 aromatic rings. The van der Waals surface area contributed by atoms with Crippen LogP contribution in [0.15, 0.2) is 17.0 Å². The molecule has 4 heteroatoms. The van der Waals surface area contributed by atoms with Crippen LogP contribution < -0.4 is 5.32 Å². The third-order valence-electron chi connectivity index (χ3n) is 2.81. The minimum absolute atomic E-state index is 0.133. The lowest BCUT2D eigenvalue weighted by Crippen LogP contribution is -2.18. The molecule has 0 fully saturated rings. The van der Waals surface area contributed by atoms with Crippen molar-refractivity contribution in [2.45, 2.75) is 31.7 Å². The van der Waals surface area contributed by atoms with Gasteiger partial charge in [0.05, 0.1) is 6.61 Å². The molecule has 1 N–H and O–H groups in total. The number of halogens is 1. The Morgan fingerprint density at radius 1 is 1.44 bits per heavy atom. The fourth-order valence-electron chi connectivity index (χ4n) is 1.78. The molecule has 0 aromatic heterocycles. The van der Waals surface area contributed by atoms with Crippen molar-refractivity contribution in [2.75, 3.05) is 26.0 Å². The summed E-state index contributed by atoms with van der Waals surface area (Å²) in [5, 5.41) is 3.33. The number of nitrogens with one attached hydrogen (secondary N) is 1. The lowest BCUT2D eigenvalue weighted by atomic mass is 10.1. The fraction of sp³-hybridized carbons (Fsp3) is 0.571. The molecular weight excluding hydrogens is 249 g/mol. The van der Waals surface area contributed by atoms with Crippen molar-refractivity contribution >= 4 is 11.8 Å². The summed E-state index contributed by atoms with van der Waals surface area (Å²) in [6.45, 7) is 7.50. The predicted octanol–water partition coefficient (Wildman–Crippen LogP) is 3.54. The SMILES string of the molecule is CCNC(C)c1cc(F)c(C)cc1SCCOC. The number of hydrogen-bond acceptors (Lipinski definition) is 3. The Morgan fingerprint density at radius 3 is 2.78 bits per heavy atom. The maximum absolute atomic E-state index is 13.7. The van der Waals surface area contributed by atoms with Crippen LogP contribution in [-0.4, -0.2) is 26.0 Å². The zero-order chi connectivity index (χ0) is 13.5. The molecule has 1 unspecified atom stereocenters. The van der Waals surface area contributed by atoms with Gasteiger partial charge in [-0.15, -0.1) is 11.8 Å². The standard InChI is InChI=1S/C14H22FNOS/c1-5-16-11(3)12-9-13(15)10(2)8-14(12)18-7-6-17-4/h8-9,11,16H,5-7H2,1-4H3. The number of thioether (sulfide) groups is 1. The number of methoxy groups -OCH3 is 1. The van der Waals surface area contributed by atoms with Crippen LogP contribution in [0, 0.1) is 12.7 Å². The van der Waals surface area contributed by atoms with Crippen LogP contribution in [-0.2, 0) is 4.74 Å². The maximum Gasteiger partial charge on any atom is 0.126 e. The third kappa shape index (κ3) is 4.26. The van der Waals surface area contributed by atoms with E-state index in [0.717, 1.165) is 22.8 Å². The Morgan fingerprint density at radius 2 is 2.17 bits per heavy atom. The average Bonchev–Trinajstić information content (AvgIpc) is 2.34. The largest absolute Gasteiger partial charge is 0.384 e. The molecule has 1 atom stereocenters. The zero-order valence-electron chi connectivity index (χ0n) is 11.5. The van der Waals surface area contributed by atoms with Crippen LogP contribution in [0.2, 0.25) is 0 Å². The molecular formula is C14H22FNOS. The van der Waals surface area contributed by atoms with Gasteiger partial charge in [0.1, 0.15) is 5.82 Å². The summed E-state index contributed by atoms with van der Waals surface area (Å²) in [6, 6.07) is 3.74. The predicted molar refractivity (Wildman–Crippen MR) is 75.8 cm³/mol. The molecule has 0 aliphatic carbocycles. The van der Waals surface area contributed by atoms with Gasteiger partial charge in [0.15, 0.2) is 0 Å². The van der Waals surface area contributed by atoms with E-state index in [9.17, 15) is 4.39 Å². The summed E-state index contributed by atoms with van der Waals surface area (Å²) in [5.41, 5.74) is 1.73. The van der Waals surface area contributed by atoms with Gasteiger partial charge in [-0.05, 0) is 43.7 Å². The third-order valence-corrected chi connectivity index (χ3v) is 3.85. The Bertz CT molecular complexity index is 384. The van der Waals surface area contributed by atoms with Gasteiger partial charge in [0.2, 0.25) is 0 Å². The van der Waals surface area contributed by atoms with Crippen molar-refractivity contribution in [2.24, 2.45) is 0 Å². The molecule has 102 valence electrons. The summed E-state index contributed by atoms with van der Waals surface area (Å²) >= 11 is 1.72. The normalized spacial score (nSPS) is 12.7. The summed E-state index contributed by atoms with van der Waals surface area (Å²) in [7, 11) is 1.69. The van der Waals surface area contributed by atoms with E-state index >= 15 is 0 Å². The Hall–Kier alpha value is -0.580. The van der Waals surface area contributed by atoms with Crippen LogP contribution >= 0.6 is 11.8 Å². The molecule has 0 saturated carbocycles. The molecule has 0 aliphatic rings. The van der Waals surface area contributed by atoms with E-state index in [0.29, 0.717) is 12.2 Å². The van der Waals surface area contributed by atoms with Gasteiger partial charge in [0.25, 0.3) is 0 Å². The Balaban J connectivity index is 2.93. The quantitative estimate of drug-likeness (QED) is 0.605.